The first-order valence-corrected chi connectivity index (χ1v) is 13.6. The van der Waals surface area contributed by atoms with Crippen LogP contribution in [0.15, 0.2) is 18.2 Å². The maximum absolute atomic E-state index is 12.9. The summed E-state index contributed by atoms with van der Waals surface area (Å²) < 4.78 is 11.7. The molecular formula is C23H36N2O5Si. The third-order valence-electron chi connectivity index (χ3n) is 5.83. The van der Waals surface area contributed by atoms with E-state index in [9.17, 15) is 14.4 Å². The number of hydrogen-bond donors (Lipinski definition) is 1. The Bertz CT molecular complexity index is 868. The molecule has 1 atom stereocenters. The van der Waals surface area contributed by atoms with Crippen LogP contribution in [0, 0.1) is 0 Å². The molecular weight excluding hydrogens is 412 g/mol. The summed E-state index contributed by atoms with van der Waals surface area (Å²) in [6, 6.07) is 4.55. The van der Waals surface area contributed by atoms with Crippen LogP contribution in [0.2, 0.25) is 18.1 Å². The van der Waals surface area contributed by atoms with Gasteiger partial charge in [-0.05, 0) is 69.1 Å². The first-order chi connectivity index (χ1) is 14.0. The molecule has 1 heterocycles. The van der Waals surface area contributed by atoms with Crippen molar-refractivity contribution in [1.29, 1.82) is 0 Å². The molecule has 1 aromatic rings. The Kier molecular flexibility index (Phi) is 6.95. The molecule has 31 heavy (non-hydrogen) atoms. The Hall–Kier alpha value is -2.35. The molecule has 2 N–H and O–H groups in total. The Morgan fingerprint density at radius 2 is 1.77 bits per heavy atom. The van der Waals surface area contributed by atoms with Gasteiger partial charge in [-0.15, -0.1) is 0 Å². The average Bonchev–Trinajstić information content (AvgIpc) is 2.88. The lowest BCUT2D eigenvalue weighted by Gasteiger charge is -2.36. The predicted octanol–water partition coefficient (Wildman–Crippen LogP) is 4.00. The third-order valence-corrected chi connectivity index (χ3v) is 10.2. The summed E-state index contributed by atoms with van der Waals surface area (Å²) >= 11 is 0. The fourth-order valence-electron chi connectivity index (χ4n) is 3.18. The third kappa shape index (κ3) is 6.09. The topological polar surface area (TPSA) is 98.9 Å². The summed E-state index contributed by atoms with van der Waals surface area (Å²) in [5.41, 5.74) is 6.30. The van der Waals surface area contributed by atoms with Gasteiger partial charge in [0.05, 0.1) is 0 Å². The van der Waals surface area contributed by atoms with E-state index in [-0.39, 0.29) is 30.3 Å². The second-order valence-electron chi connectivity index (χ2n) is 10.7. The summed E-state index contributed by atoms with van der Waals surface area (Å²) in [5.74, 6) is -0.596. The molecule has 0 fully saturated rings. The Labute approximate surface area is 186 Å². The highest BCUT2D eigenvalue weighted by atomic mass is 28.4. The van der Waals surface area contributed by atoms with E-state index in [2.05, 4.69) is 33.9 Å². The minimum absolute atomic E-state index is 0.00470. The maximum Gasteiger partial charge on any atom is 0.306 e. The van der Waals surface area contributed by atoms with Gasteiger partial charge in [0.15, 0.2) is 0 Å². The fourth-order valence-corrected chi connectivity index (χ4v) is 4.20. The van der Waals surface area contributed by atoms with Crippen molar-refractivity contribution in [2.45, 2.75) is 90.7 Å². The van der Waals surface area contributed by atoms with Gasteiger partial charge in [-0.3, -0.25) is 14.4 Å². The number of rotatable bonds is 7. The number of fused-ring (bicyclic) bond motifs is 1. The number of benzene rings is 1. The number of nitrogens with zero attached hydrogens (tertiary/aromatic N) is 1. The van der Waals surface area contributed by atoms with Crippen molar-refractivity contribution in [3.8, 4) is 5.75 Å². The van der Waals surface area contributed by atoms with Gasteiger partial charge in [0.25, 0.3) is 5.91 Å². The molecule has 0 unspecified atom stereocenters. The number of esters is 1. The molecule has 0 spiro atoms. The van der Waals surface area contributed by atoms with E-state index >= 15 is 0 Å². The number of primary amides is 1. The van der Waals surface area contributed by atoms with E-state index in [1.165, 1.54) is 4.90 Å². The van der Waals surface area contributed by atoms with Crippen molar-refractivity contribution in [3.05, 3.63) is 29.3 Å². The summed E-state index contributed by atoms with van der Waals surface area (Å²) in [6.07, 6.45) is 0.127. The molecule has 0 saturated heterocycles. The number of ether oxygens (including phenoxy) is 1. The molecule has 8 heteroatoms. The summed E-state index contributed by atoms with van der Waals surface area (Å²) in [5, 5.41) is 0.0482. The molecule has 1 aromatic carbocycles. The van der Waals surface area contributed by atoms with E-state index in [0.717, 1.165) is 11.3 Å². The van der Waals surface area contributed by atoms with Crippen LogP contribution in [0.4, 0.5) is 0 Å². The number of carbonyl (C=O) groups excluding carboxylic acids is 3. The molecule has 2 rings (SSSR count). The fraction of sp³-hybridized carbons (Fsp3) is 0.609. The molecule has 0 saturated carbocycles. The zero-order valence-corrected chi connectivity index (χ0v) is 21.0. The molecule has 0 aliphatic carbocycles. The number of nitrogens with two attached hydrogens (primary N) is 1. The smallest absolute Gasteiger partial charge is 0.306 e. The zero-order chi connectivity index (χ0) is 23.8. The van der Waals surface area contributed by atoms with Gasteiger partial charge in [0.2, 0.25) is 14.2 Å². The van der Waals surface area contributed by atoms with E-state index < -0.39 is 31.8 Å². The zero-order valence-electron chi connectivity index (χ0n) is 20.0. The molecule has 1 aliphatic rings. The highest BCUT2D eigenvalue weighted by Gasteiger charge is 2.40. The molecule has 7 nitrogen and oxygen atoms in total. The quantitative estimate of drug-likeness (QED) is 0.502. The van der Waals surface area contributed by atoms with E-state index in [1.807, 2.05) is 6.07 Å². The molecule has 0 radical (unpaired) electrons. The van der Waals surface area contributed by atoms with Crippen molar-refractivity contribution < 1.29 is 23.5 Å². The van der Waals surface area contributed by atoms with Crippen LogP contribution in [-0.4, -0.2) is 42.6 Å². The lowest BCUT2D eigenvalue weighted by Crippen LogP contribution is -2.45. The maximum atomic E-state index is 12.9. The molecule has 2 amide bonds. The van der Waals surface area contributed by atoms with Crippen molar-refractivity contribution >= 4 is 26.1 Å². The van der Waals surface area contributed by atoms with Gasteiger partial charge in [-0.25, -0.2) is 0 Å². The van der Waals surface area contributed by atoms with Crippen LogP contribution in [0.25, 0.3) is 0 Å². The van der Waals surface area contributed by atoms with Crippen LogP contribution in [-0.2, 0) is 20.9 Å². The normalized spacial score (nSPS) is 15.5. The van der Waals surface area contributed by atoms with Gasteiger partial charge in [0, 0.05) is 18.5 Å². The molecule has 172 valence electrons. The molecule has 0 aromatic heterocycles. The minimum atomic E-state index is -2.02. The van der Waals surface area contributed by atoms with Crippen molar-refractivity contribution in [2.75, 3.05) is 0 Å². The lowest BCUT2D eigenvalue weighted by molar-refractivity contribution is -0.155. The number of amides is 2. The van der Waals surface area contributed by atoms with Gasteiger partial charge >= 0.3 is 5.97 Å². The van der Waals surface area contributed by atoms with Gasteiger partial charge in [0.1, 0.15) is 17.4 Å². The number of hydrogen-bond acceptors (Lipinski definition) is 5. The van der Waals surface area contributed by atoms with Gasteiger partial charge < -0.3 is 19.8 Å². The SMILES string of the molecule is CC(C)(C)OC(=O)CC[C@@H](C(N)=O)N1Cc2cc(O[Si](C)(C)C(C)(C)C)ccc2C1=O. The first kappa shape index (κ1) is 24.9. The summed E-state index contributed by atoms with van der Waals surface area (Å²) in [4.78, 5) is 38.6. The van der Waals surface area contributed by atoms with Crippen LogP contribution < -0.4 is 10.2 Å². The monoisotopic (exact) mass is 448 g/mol. The van der Waals surface area contributed by atoms with Crippen LogP contribution in [0.1, 0.15) is 70.3 Å². The largest absolute Gasteiger partial charge is 0.543 e. The van der Waals surface area contributed by atoms with Crippen LogP contribution in [0.3, 0.4) is 0 Å². The Morgan fingerprint density at radius 3 is 2.29 bits per heavy atom. The van der Waals surface area contributed by atoms with Gasteiger partial charge in [-0.2, -0.15) is 0 Å². The van der Waals surface area contributed by atoms with E-state index in [0.29, 0.717) is 5.56 Å². The Morgan fingerprint density at radius 1 is 1.16 bits per heavy atom. The molecule has 0 bridgehead atoms. The second-order valence-corrected chi connectivity index (χ2v) is 15.4. The standard InChI is InChI=1S/C23H36N2O5Si/c1-22(2,3)29-19(26)12-11-18(20(24)27)25-14-15-13-16(9-10-17(15)21(25)28)30-31(7,8)23(4,5)6/h9-10,13,18H,11-12,14H2,1-8H3,(H2,24,27)/t18-/m0/s1. The Balaban J connectivity index is 2.16. The number of carbonyl (C=O) groups is 3. The highest BCUT2D eigenvalue weighted by Crippen LogP contribution is 2.38. The average molecular weight is 449 g/mol. The van der Waals surface area contributed by atoms with Crippen molar-refractivity contribution in [3.63, 3.8) is 0 Å². The van der Waals surface area contributed by atoms with Crippen molar-refractivity contribution in [1.82, 2.24) is 4.90 Å². The van der Waals surface area contributed by atoms with Crippen molar-refractivity contribution in [2.24, 2.45) is 5.73 Å². The lowest BCUT2D eigenvalue weighted by atomic mass is 10.1. The highest BCUT2D eigenvalue weighted by molar-refractivity contribution is 6.74. The van der Waals surface area contributed by atoms with Crippen LogP contribution in [0.5, 0.6) is 5.75 Å². The van der Waals surface area contributed by atoms with Crippen LogP contribution >= 0.6 is 0 Å². The predicted molar refractivity (Wildman–Crippen MR) is 122 cm³/mol. The van der Waals surface area contributed by atoms with E-state index in [1.54, 1.807) is 32.9 Å². The molecule has 1 aliphatic heterocycles. The summed E-state index contributed by atoms with van der Waals surface area (Å²) in [7, 11) is -2.02. The van der Waals surface area contributed by atoms with Gasteiger partial charge in [-0.1, -0.05) is 20.8 Å². The summed E-state index contributed by atoms with van der Waals surface area (Å²) in [6.45, 7) is 16.4. The van der Waals surface area contributed by atoms with E-state index in [4.69, 9.17) is 14.9 Å². The minimum Gasteiger partial charge on any atom is -0.543 e. The second kappa shape index (κ2) is 8.65. The first-order valence-electron chi connectivity index (χ1n) is 10.7.